The van der Waals surface area contributed by atoms with Crippen molar-refractivity contribution < 1.29 is 9.84 Å². The van der Waals surface area contributed by atoms with Gasteiger partial charge in [-0.15, -0.1) is 0 Å². The van der Waals surface area contributed by atoms with Crippen molar-refractivity contribution in [2.24, 2.45) is 12.5 Å². The number of nitrogens with zero attached hydrogens (tertiary/aromatic N) is 3. The largest absolute Gasteiger partial charge is 0.387 e. The Morgan fingerprint density at radius 2 is 2.53 bits per heavy atom. The van der Waals surface area contributed by atoms with Crippen molar-refractivity contribution in [3.8, 4) is 6.07 Å². The lowest BCUT2D eigenvalue weighted by Gasteiger charge is -2.32. The summed E-state index contributed by atoms with van der Waals surface area (Å²) in [6.45, 7) is 0. The predicted octanol–water partition coefficient (Wildman–Crippen LogP) is 0.915. The lowest BCUT2D eigenvalue weighted by molar-refractivity contribution is 0.00338. The molecule has 3 rings (SSSR count). The van der Waals surface area contributed by atoms with Gasteiger partial charge in [-0.3, -0.25) is 4.68 Å². The van der Waals surface area contributed by atoms with Gasteiger partial charge in [0.05, 0.1) is 24.5 Å². The quantitative estimate of drug-likeness (QED) is 0.824. The highest BCUT2D eigenvalue weighted by molar-refractivity contribution is 5.23. The fraction of sp³-hybridized carbons (Fsp3) is 0.667. The first-order chi connectivity index (χ1) is 8.15. The van der Waals surface area contributed by atoms with E-state index < -0.39 is 11.5 Å². The Hall–Kier alpha value is -1.38. The van der Waals surface area contributed by atoms with Crippen LogP contribution in [0.15, 0.2) is 12.4 Å². The van der Waals surface area contributed by atoms with Crippen LogP contribution in [0.4, 0.5) is 0 Å². The molecule has 2 fully saturated rings. The monoisotopic (exact) mass is 233 g/mol. The first-order valence-electron chi connectivity index (χ1n) is 5.89. The van der Waals surface area contributed by atoms with Gasteiger partial charge in [0, 0.05) is 18.8 Å². The van der Waals surface area contributed by atoms with E-state index in [0.29, 0.717) is 12.0 Å². The summed E-state index contributed by atoms with van der Waals surface area (Å²) in [5.41, 5.74) is -0.0865. The second-order valence-electron chi connectivity index (χ2n) is 5.03. The molecule has 4 unspecified atom stereocenters. The van der Waals surface area contributed by atoms with E-state index in [1.807, 2.05) is 0 Å². The van der Waals surface area contributed by atoms with Crippen LogP contribution < -0.4 is 0 Å². The molecule has 5 nitrogen and oxygen atoms in total. The molecule has 2 bridgehead atoms. The molecule has 1 aromatic rings. The van der Waals surface area contributed by atoms with E-state index in [9.17, 15) is 10.4 Å². The van der Waals surface area contributed by atoms with E-state index in [-0.39, 0.29) is 12.2 Å². The zero-order valence-electron chi connectivity index (χ0n) is 9.71. The van der Waals surface area contributed by atoms with Gasteiger partial charge in [0.2, 0.25) is 0 Å². The number of ether oxygens (including phenoxy) is 1. The smallest absolute Gasteiger partial charge is 0.116 e. The van der Waals surface area contributed by atoms with E-state index >= 15 is 0 Å². The molecular formula is C12H15N3O2. The van der Waals surface area contributed by atoms with Gasteiger partial charge in [-0.1, -0.05) is 0 Å². The number of hydrogen-bond acceptors (Lipinski definition) is 4. The minimum absolute atomic E-state index is 0.132. The number of aliphatic hydroxyl groups is 1. The number of rotatable bonds is 2. The van der Waals surface area contributed by atoms with Crippen LogP contribution in [0.5, 0.6) is 0 Å². The van der Waals surface area contributed by atoms with Crippen molar-refractivity contribution in [3.05, 3.63) is 18.0 Å². The molecule has 3 heterocycles. The lowest BCUT2D eigenvalue weighted by Crippen LogP contribution is -2.37. The molecule has 1 aromatic heterocycles. The van der Waals surface area contributed by atoms with Crippen LogP contribution in [-0.4, -0.2) is 27.1 Å². The second kappa shape index (κ2) is 3.56. The molecule has 17 heavy (non-hydrogen) atoms. The van der Waals surface area contributed by atoms with E-state index in [2.05, 4.69) is 11.2 Å². The lowest BCUT2D eigenvalue weighted by atomic mass is 9.70. The fourth-order valence-corrected chi connectivity index (χ4v) is 3.09. The van der Waals surface area contributed by atoms with Gasteiger partial charge >= 0.3 is 0 Å². The first kappa shape index (κ1) is 10.8. The maximum absolute atomic E-state index is 10.5. The molecule has 0 radical (unpaired) electrons. The van der Waals surface area contributed by atoms with Gasteiger partial charge in [0.1, 0.15) is 11.5 Å². The number of fused-ring (bicyclic) bond motifs is 2. The Balaban J connectivity index is 1.94. The average molecular weight is 233 g/mol. The average Bonchev–Trinajstić information content (AvgIpc) is 3.02. The first-order valence-corrected chi connectivity index (χ1v) is 5.89. The Morgan fingerprint density at radius 1 is 1.71 bits per heavy atom. The molecule has 2 saturated heterocycles. The topological polar surface area (TPSA) is 71.1 Å². The van der Waals surface area contributed by atoms with Crippen molar-refractivity contribution >= 4 is 0 Å². The van der Waals surface area contributed by atoms with E-state index in [4.69, 9.17) is 4.74 Å². The third-order valence-corrected chi connectivity index (χ3v) is 3.98. The number of aliphatic hydroxyl groups excluding tert-OH is 1. The maximum atomic E-state index is 10.5. The number of nitriles is 1. The Bertz CT molecular complexity index is 478. The van der Waals surface area contributed by atoms with Crippen LogP contribution in [0.25, 0.3) is 0 Å². The van der Waals surface area contributed by atoms with E-state index in [1.165, 1.54) is 0 Å². The van der Waals surface area contributed by atoms with E-state index in [0.717, 1.165) is 12.8 Å². The summed E-state index contributed by atoms with van der Waals surface area (Å²) in [4.78, 5) is 0. The summed E-state index contributed by atoms with van der Waals surface area (Å²) in [7, 11) is 1.80. The molecule has 5 heteroatoms. The van der Waals surface area contributed by atoms with Crippen molar-refractivity contribution in [1.29, 1.82) is 5.26 Å². The number of aromatic nitrogens is 2. The minimum atomic E-state index is -0.809. The van der Waals surface area contributed by atoms with Gasteiger partial charge in [-0.05, 0) is 19.3 Å². The molecule has 2 aliphatic rings. The predicted molar refractivity (Wildman–Crippen MR) is 58.7 cm³/mol. The van der Waals surface area contributed by atoms with Crippen LogP contribution in [0.2, 0.25) is 0 Å². The van der Waals surface area contributed by atoms with Gasteiger partial charge in [0.15, 0.2) is 0 Å². The second-order valence-corrected chi connectivity index (χ2v) is 5.03. The molecule has 0 saturated carbocycles. The molecule has 1 N–H and O–H groups in total. The molecule has 2 aliphatic heterocycles. The Morgan fingerprint density at radius 3 is 3.00 bits per heavy atom. The summed E-state index contributed by atoms with van der Waals surface area (Å²) in [5, 5.41) is 24.0. The fourth-order valence-electron chi connectivity index (χ4n) is 3.09. The molecular weight excluding hydrogens is 218 g/mol. The van der Waals surface area contributed by atoms with Crippen LogP contribution in [0.1, 0.15) is 30.9 Å². The van der Waals surface area contributed by atoms with Gasteiger partial charge in [-0.2, -0.15) is 10.4 Å². The van der Waals surface area contributed by atoms with Crippen molar-refractivity contribution in [2.45, 2.75) is 37.6 Å². The molecule has 0 spiro atoms. The van der Waals surface area contributed by atoms with Crippen molar-refractivity contribution in [1.82, 2.24) is 9.78 Å². The van der Waals surface area contributed by atoms with Crippen LogP contribution >= 0.6 is 0 Å². The zero-order chi connectivity index (χ0) is 12.0. The number of hydrogen-bond donors (Lipinski definition) is 1. The van der Waals surface area contributed by atoms with Gasteiger partial charge in [-0.25, -0.2) is 0 Å². The Labute approximate surface area is 99.6 Å². The molecule has 4 atom stereocenters. The van der Waals surface area contributed by atoms with Gasteiger partial charge < -0.3 is 9.84 Å². The summed E-state index contributed by atoms with van der Waals surface area (Å²) < 4.78 is 7.36. The SMILES string of the molecule is Cn1cc(C(O)C2(C#N)CC3CCC2O3)cn1. The highest BCUT2D eigenvalue weighted by Crippen LogP contribution is 2.53. The standard InChI is InChI=1S/C12H15N3O2/c1-15-6-8(5-14-15)11(16)12(7-13)4-9-2-3-10(12)17-9/h5-6,9-11,16H,2-4H2,1H3. The minimum Gasteiger partial charge on any atom is -0.387 e. The Kier molecular flexibility index (Phi) is 2.25. The van der Waals surface area contributed by atoms with Crippen molar-refractivity contribution in [2.75, 3.05) is 0 Å². The van der Waals surface area contributed by atoms with Crippen LogP contribution in [0.3, 0.4) is 0 Å². The molecule has 90 valence electrons. The van der Waals surface area contributed by atoms with Crippen LogP contribution in [0, 0.1) is 16.7 Å². The molecule has 0 aromatic carbocycles. The van der Waals surface area contributed by atoms with E-state index in [1.54, 1.807) is 24.1 Å². The normalized spacial score (nSPS) is 37.0. The zero-order valence-corrected chi connectivity index (χ0v) is 9.71. The summed E-state index contributed by atoms with van der Waals surface area (Å²) >= 11 is 0. The van der Waals surface area contributed by atoms with Crippen molar-refractivity contribution in [3.63, 3.8) is 0 Å². The highest BCUT2D eigenvalue weighted by atomic mass is 16.5. The summed E-state index contributed by atoms with van der Waals surface area (Å²) in [6.07, 6.45) is 5.09. The number of aryl methyl sites for hydroxylation is 1. The third-order valence-electron chi connectivity index (χ3n) is 3.98. The molecule has 0 amide bonds. The summed E-state index contributed by atoms with van der Waals surface area (Å²) in [6, 6.07) is 2.30. The third kappa shape index (κ3) is 1.41. The summed E-state index contributed by atoms with van der Waals surface area (Å²) in [5.74, 6) is 0. The molecule has 0 aliphatic carbocycles. The van der Waals surface area contributed by atoms with Gasteiger partial charge in [0.25, 0.3) is 0 Å². The highest BCUT2D eigenvalue weighted by Gasteiger charge is 2.57. The van der Waals surface area contributed by atoms with Crippen LogP contribution in [-0.2, 0) is 11.8 Å². The maximum Gasteiger partial charge on any atom is 0.116 e.